The Balaban J connectivity index is 0.000000296. The van der Waals surface area contributed by atoms with E-state index in [9.17, 15) is 40.7 Å². The van der Waals surface area contributed by atoms with Crippen LogP contribution < -0.4 is 24.7 Å². The molecule has 0 fully saturated rings. The Bertz CT molecular complexity index is 2460. The number of hydrogen-bond acceptors (Lipinski definition) is 14. The summed E-state index contributed by atoms with van der Waals surface area (Å²) in [6.07, 6.45) is -11.5. The number of nitrogens with zero attached hydrogens (tertiary/aromatic N) is 3. The Hall–Kier alpha value is -7.52. The van der Waals surface area contributed by atoms with Crippen LogP contribution in [0, 0.1) is 0 Å². The van der Waals surface area contributed by atoms with Crippen molar-refractivity contribution in [1.82, 2.24) is 10.1 Å². The zero-order chi connectivity index (χ0) is 50.9. The number of oxime groups is 1. The lowest BCUT2D eigenvalue weighted by atomic mass is 10.1. The second-order valence-electron chi connectivity index (χ2n) is 14.5. The van der Waals surface area contributed by atoms with Crippen molar-refractivity contribution in [2.45, 2.75) is 92.2 Å². The van der Waals surface area contributed by atoms with Gasteiger partial charge in [-0.25, -0.2) is 14.4 Å². The van der Waals surface area contributed by atoms with E-state index in [0.717, 1.165) is 18.2 Å². The molecule has 5 rings (SSSR count). The summed E-state index contributed by atoms with van der Waals surface area (Å²) in [6, 6.07) is 19.1. The van der Waals surface area contributed by atoms with Gasteiger partial charge in [0, 0.05) is 16.7 Å². The van der Waals surface area contributed by atoms with Gasteiger partial charge in [0.1, 0.15) is 23.0 Å². The van der Waals surface area contributed by atoms with Crippen molar-refractivity contribution in [3.8, 4) is 45.8 Å². The van der Waals surface area contributed by atoms with Crippen molar-refractivity contribution in [2.24, 2.45) is 10.9 Å². The number of rotatable bonds is 16. The van der Waals surface area contributed by atoms with Crippen LogP contribution >= 0.6 is 0 Å². The fraction of sp³-hybridized carbons (Fsp3) is 0.348. The molecule has 22 heteroatoms. The smallest absolute Gasteiger partial charge is 0.419 e. The number of alkyl halides is 6. The van der Waals surface area contributed by atoms with Crippen molar-refractivity contribution in [1.29, 1.82) is 0 Å². The van der Waals surface area contributed by atoms with Crippen molar-refractivity contribution in [2.75, 3.05) is 13.2 Å². The summed E-state index contributed by atoms with van der Waals surface area (Å²) in [7, 11) is 0. The van der Waals surface area contributed by atoms with Gasteiger partial charge in [0.05, 0.1) is 42.1 Å². The van der Waals surface area contributed by atoms with Crippen molar-refractivity contribution >= 4 is 23.7 Å². The van der Waals surface area contributed by atoms with Crippen LogP contribution in [0.2, 0.25) is 0 Å². The third-order valence-electron chi connectivity index (χ3n) is 8.45. The highest BCUT2D eigenvalue weighted by molar-refractivity contribution is 5.97. The van der Waals surface area contributed by atoms with Crippen molar-refractivity contribution < 1.29 is 84.0 Å². The van der Waals surface area contributed by atoms with Gasteiger partial charge in [-0.2, -0.15) is 31.3 Å². The highest BCUT2D eigenvalue weighted by Crippen LogP contribution is 2.40. The van der Waals surface area contributed by atoms with Crippen LogP contribution in [0.25, 0.3) is 22.8 Å². The molecule has 2 atom stereocenters. The third-order valence-corrected chi connectivity index (χ3v) is 8.45. The highest BCUT2D eigenvalue weighted by atomic mass is 19.4. The first-order valence-corrected chi connectivity index (χ1v) is 20.6. The van der Waals surface area contributed by atoms with E-state index in [1.807, 2.05) is 0 Å². The first-order chi connectivity index (χ1) is 31.9. The number of carboxylic acids is 1. The first-order valence-electron chi connectivity index (χ1n) is 20.6. The van der Waals surface area contributed by atoms with E-state index < -0.39 is 65.5 Å². The molecule has 4 aromatic carbocycles. The number of esters is 2. The van der Waals surface area contributed by atoms with E-state index in [-0.39, 0.29) is 52.6 Å². The summed E-state index contributed by atoms with van der Waals surface area (Å²) in [5.74, 6) is -1.91. The quantitative estimate of drug-likeness (QED) is 0.0209. The number of carbonyl (C=O) groups excluding carboxylic acids is 2. The average molecular weight is 965 g/mol. The van der Waals surface area contributed by atoms with Crippen LogP contribution in [-0.2, 0) is 31.4 Å². The zero-order valence-corrected chi connectivity index (χ0v) is 38.0. The molecule has 0 bridgehead atoms. The Morgan fingerprint density at radius 3 is 1.50 bits per heavy atom. The lowest BCUT2D eigenvalue weighted by molar-refractivity contribution is -0.151. The summed E-state index contributed by atoms with van der Waals surface area (Å²) >= 11 is 0. The molecule has 0 aliphatic carbocycles. The molecule has 368 valence electrons. The molecule has 1 aromatic heterocycles. The third kappa shape index (κ3) is 16.7. The standard InChI is InChI=1S/C23H23F3N2O5.C12H14O5.C11H13F3N2O2/c1-5-30-22(29)14(4)32-17-9-6-15(7-10-17)21-27-20(28-33-21)16-8-11-19(31-13(2)3)18(12-16)23(24,25)26;1-3-16-12(15)8(2)17-10-6-4-9(5-7-10)11(13)14;1-6(2)18-9-4-3-7(10(15)16-17)5-8(9)11(12,13)14/h6-14H,5H2,1-4H3;4-8H,3H2,1-2H3,(H,13,14);3-6,17H,1-2H3,(H2,15,16)/t14-;8-;/m11./s1. The lowest BCUT2D eigenvalue weighted by Crippen LogP contribution is -2.26. The van der Waals surface area contributed by atoms with Gasteiger partial charge in [-0.1, -0.05) is 10.3 Å². The summed E-state index contributed by atoms with van der Waals surface area (Å²) in [6.45, 7) is 13.7. The summed E-state index contributed by atoms with van der Waals surface area (Å²) in [5, 5.41) is 23.6. The van der Waals surface area contributed by atoms with Gasteiger partial charge in [-0.3, -0.25) is 0 Å². The molecular weight excluding hydrogens is 915 g/mol. The number of benzene rings is 4. The molecule has 5 aromatic rings. The number of nitrogens with two attached hydrogens (primary N) is 1. The van der Waals surface area contributed by atoms with Crippen LogP contribution in [-0.4, -0.2) is 81.8 Å². The lowest BCUT2D eigenvalue weighted by Gasteiger charge is -2.17. The average Bonchev–Trinajstić information content (AvgIpc) is 3.77. The Labute approximate surface area is 386 Å². The number of carboxylic acid groups (broad SMARTS) is 1. The first kappa shape index (κ1) is 54.8. The van der Waals surface area contributed by atoms with E-state index in [0.29, 0.717) is 23.7 Å². The van der Waals surface area contributed by atoms with Crippen molar-refractivity contribution in [3.63, 3.8) is 0 Å². The maximum absolute atomic E-state index is 13.5. The Morgan fingerprint density at radius 1 is 0.647 bits per heavy atom. The molecule has 0 saturated carbocycles. The SMILES string of the molecule is CC(C)Oc1ccc(/C(N)=N/O)cc1C(F)(F)F.CCOC(=O)[C@@H](C)Oc1ccc(-c2nc(-c3ccc(OC(C)C)c(C(F)(F)F)c3)no2)cc1.CCOC(=O)[C@@H](C)Oc1ccc(C(=O)O)cc1. The monoisotopic (exact) mass is 964 g/mol. The molecule has 0 aliphatic heterocycles. The van der Waals surface area contributed by atoms with Gasteiger partial charge in [-0.15, -0.1) is 0 Å². The number of ether oxygens (including phenoxy) is 6. The molecular formula is C46H50F6N4O12. The number of aromatic carboxylic acids is 1. The summed E-state index contributed by atoms with van der Waals surface area (Å²) in [4.78, 5) is 37.8. The van der Waals surface area contributed by atoms with Gasteiger partial charge in [0.25, 0.3) is 5.89 Å². The minimum absolute atomic E-state index is 0.00265. The second-order valence-corrected chi connectivity index (χ2v) is 14.5. The molecule has 0 saturated heterocycles. The number of aromatic nitrogens is 2. The Morgan fingerprint density at radius 2 is 1.07 bits per heavy atom. The van der Waals surface area contributed by atoms with Crippen molar-refractivity contribution in [3.05, 3.63) is 107 Å². The predicted molar refractivity (Wildman–Crippen MR) is 233 cm³/mol. The number of hydrogen-bond donors (Lipinski definition) is 3. The van der Waals surface area contributed by atoms with Crippen LogP contribution in [0.1, 0.15) is 82.4 Å². The summed E-state index contributed by atoms with van der Waals surface area (Å²) in [5.41, 5.74) is 4.18. The molecule has 68 heavy (non-hydrogen) atoms. The van der Waals surface area contributed by atoms with E-state index >= 15 is 0 Å². The molecule has 16 nitrogen and oxygen atoms in total. The van der Waals surface area contributed by atoms with Gasteiger partial charge >= 0.3 is 30.3 Å². The van der Waals surface area contributed by atoms with Gasteiger partial charge in [-0.05, 0) is 140 Å². The largest absolute Gasteiger partial charge is 0.490 e. The molecule has 0 unspecified atom stereocenters. The minimum atomic E-state index is -4.61. The normalized spacial score (nSPS) is 12.4. The van der Waals surface area contributed by atoms with Gasteiger partial charge < -0.3 is 49.0 Å². The fourth-order valence-corrected chi connectivity index (χ4v) is 5.41. The summed E-state index contributed by atoms with van der Waals surface area (Å²) < 4.78 is 115. The highest BCUT2D eigenvalue weighted by Gasteiger charge is 2.36. The Kier molecular flexibility index (Phi) is 20.0. The molecule has 0 radical (unpaired) electrons. The van der Waals surface area contributed by atoms with Crippen LogP contribution in [0.15, 0.2) is 94.6 Å². The molecule has 1 heterocycles. The van der Waals surface area contributed by atoms with E-state index in [2.05, 4.69) is 15.3 Å². The fourth-order valence-electron chi connectivity index (χ4n) is 5.41. The van der Waals surface area contributed by atoms with Crippen LogP contribution in [0.5, 0.6) is 23.0 Å². The van der Waals surface area contributed by atoms with E-state index in [1.165, 1.54) is 42.5 Å². The predicted octanol–water partition coefficient (Wildman–Crippen LogP) is 9.84. The zero-order valence-electron chi connectivity index (χ0n) is 38.0. The van der Waals surface area contributed by atoms with E-state index in [1.54, 1.807) is 79.7 Å². The molecule has 0 aliphatic rings. The van der Waals surface area contributed by atoms with Crippen LogP contribution in [0.3, 0.4) is 0 Å². The number of carbonyl (C=O) groups is 3. The van der Waals surface area contributed by atoms with E-state index in [4.69, 9.17) is 49.0 Å². The maximum atomic E-state index is 13.5. The van der Waals surface area contributed by atoms with Gasteiger partial charge in [0.15, 0.2) is 18.0 Å². The molecule has 0 amide bonds. The number of halogens is 6. The minimum Gasteiger partial charge on any atom is -0.490 e. The number of amidine groups is 1. The second kappa shape index (κ2) is 24.8. The molecule has 4 N–H and O–H groups in total. The molecule has 0 spiro atoms. The van der Waals surface area contributed by atoms with Crippen LogP contribution in [0.4, 0.5) is 26.3 Å². The maximum Gasteiger partial charge on any atom is 0.419 e. The topological polar surface area (TPSA) is 224 Å². The van der Waals surface area contributed by atoms with Gasteiger partial charge in [0.2, 0.25) is 5.82 Å².